The van der Waals surface area contributed by atoms with Crippen molar-refractivity contribution in [3.63, 3.8) is 0 Å². The van der Waals surface area contributed by atoms with Crippen LogP contribution in [-0.4, -0.2) is 23.0 Å². The number of carbonyl (C=O) groups is 1. The number of aromatic nitrogens is 2. The smallest absolute Gasteiger partial charge is 0.337 e. The molecule has 150 valence electrons. The highest BCUT2D eigenvalue weighted by molar-refractivity contribution is 5.97. The van der Waals surface area contributed by atoms with Gasteiger partial charge < -0.3 is 20.5 Å². The summed E-state index contributed by atoms with van der Waals surface area (Å²) in [6.07, 6.45) is 1.60. The Labute approximate surface area is 173 Å². The van der Waals surface area contributed by atoms with Gasteiger partial charge in [0.1, 0.15) is 5.75 Å². The largest absolute Gasteiger partial charge is 0.465 e. The minimum absolute atomic E-state index is 0.341. The summed E-state index contributed by atoms with van der Waals surface area (Å²) >= 11 is 0. The minimum Gasteiger partial charge on any atom is -0.465 e. The predicted molar refractivity (Wildman–Crippen MR) is 116 cm³/mol. The van der Waals surface area contributed by atoms with E-state index in [1.807, 2.05) is 43.3 Å². The van der Waals surface area contributed by atoms with Gasteiger partial charge in [0.15, 0.2) is 0 Å². The number of hydrogen-bond donors (Lipinski definition) is 2. The Bertz CT molecular complexity index is 1240. The molecule has 0 aliphatic rings. The van der Waals surface area contributed by atoms with E-state index in [1.54, 1.807) is 30.5 Å². The highest BCUT2D eigenvalue weighted by Crippen LogP contribution is 2.32. The van der Waals surface area contributed by atoms with E-state index in [-0.39, 0.29) is 0 Å². The molecule has 1 aromatic heterocycles. The highest BCUT2D eigenvalue weighted by Gasteiger charge is 2.10. The van der Waals surface area contributed by atoms with Gasteiger partial charge in [0.05, 0.1) is 12.7 Å². The Hall–Kier alpha value is -4.13. The maximum atomic E-state index is 11.8. The summed E-state index contributed by atoms with van der Waals surface area (Å²) < 4.78 is 10.8. The first kappa shape index (κ1) is 19.2. The molecule has 7 nitrogen and oxygen atoms in total. The third-order valence-corrected chi connectivity index (χ3v) is 4.52. The number of fused-ring (bicyclic) bond motifs is 1. The lowest BCUT2D eigenvalue weighted by Gasteiger charge is -2.11. The van der Waals surface area contributed by atoms with Gasteiger partial charge in [-0.3, -0.25) is 0 Å². The lowest BCUT2D eigenvalue weighted by atomic mass is 10.1. The van der Waals surface area contributed by atoms with Gasteiger partial charge in [-0.1, -0.05) is 24.3 Å². The van der Waals surface area contributed by atoms with Gasteiger partial charge in [-0.25, -0.2) is 9.78 Å². The van der Waals surface area contributed by atoms with Gasteiger partial charge in [0.2, 0.25) is 11.8 Å². The maximum absolute atomic E-state index is 11.8. The highest BCUT2D eigenvalue weighted by atomic mass is 16.5. The van der Waals surface area contributed by atoms with Gasteiger partial charge >= 0.3 is 5.97 Å². The fraction of sp³-hybridized carbons (Fsp3) is 0.0870. The zero-order valence-corrected chi connectivity index (χ0v) is 16.5. The summed E-state index contributed by atoms with van der Waals surface area (Å²) in [6, 6.07) is 18.4. The number of benzene rings is 3. The lowest BCUT2D eigenvalue weighted by Crippen LogP contribution is -2.04. The second kappa shape index (κ2) is 8.08. The van der Waals surface area contributed by atoms with Crippen LogP contribution < -0.4 is 15.8 Å². The van der Waals surface area contributed by atoms with Crippen molar-refractivity contribution in [3.05, 3.63) is 78.0 Å². The zero-order valence-electron chi connectivity index (χ0n) is 16.5. The van der Waals surface area contributed by atoms with E-state index in [0.717, 1.165) is 16.3 Å². The van der Waals surface area contributed by atoms with Crippen molar-refractivity contribution in [2.24, 2.45) is 0 Å². The Morgan fingerprint density at radius 2 is 1.83 bits per heavy atom. The number of rotatable bonds is 5. The zero-order chi connectivity index (χ0) is 21.1. The number of hydrogen-bond acceptors (Lipinski definition) is 7. The first-order chi connectivity index (χ1) is 14.5. The van der Waals surface area contributed by atoms with Gasteiger partial charge in [0, 0.05) is 34.4 Å². The van der Waals surface area contributed by atoms with E-state index in [1.165, 1.54) is 7.11 Å². The molecule has 3 aromatic carbocycles. The van der Waals surface area contributed by atoms with Crippen LogP contribution in [0, 0.1) is 6.92 Å². The molecule has 0 atom stereocenters. The Morgan fingerprint density at radius 3 is 2.63 bits per heavy atom. The molecule has 3 N–H and O–H groups in total. The first-order valence-corrected chi connectivity index (χ1v) is 9.28. The average molecular weight is 400 g/mol. The molecule has 0 fully saturated rings. The van der Waals surface area contributed by atoms with Crippen LogP contribution in [0.5, 0.6) is 11.6 Å². The number of nitrogens with one attached hydrogen (secondary N) is 1. The molecular formula is C23H20N4O3. The standard InChI is InChI=1S/C23H20N4O3/c1-14-11-15(22(28)29-2)13-16(12-14)26-23-25-10-9-21(27-23)30-20-8-7-19(24)17-5-3-4-6-18(17)20/h3-13H,24H2,1-2H3,(H,25,26,27). The molecule has 0 bridgehead atoms. The van der Waals surface area contributed by atoms with E-state index >= 15 is 0 Å². The molecule has 4 aromatic rings. The molecule has 0 aliphatic heterocycles. The average Bonchev–Trinajstić information content (AvgIpc) is 2.75. The number of ether oxygens (including phenoxy) is 2. The normalized spacial score (nSPS) is 10.6. The van der Waals surface area contributed by atoms with E-state index in [4.69, 9.17) is 15.2 Å². The molecule has 0 spiro atoms. The fourth-order valence-corrected chi connectivity index (χ4v) is 3.18. The van der Waals surface area contributed by atoms with Crippen molar-refractivity contribution in [2.45, 2.75) is 6.92 Å². The molecule has 0 unspecified atom stereocenters. The van der Waals surface area contributed by atoms with E-state index in [0.29, 0.717) is 34.5 Å². The summed E-state index contributed by atoms with van der Waals surface area (Å²) in [4.78, 5) is 20.5. The van der Waals surface area contributed by atoms with E-state index in [2.05, 4.69) is 15.3 Å². The molecular weight excluding hydrogens is 380 g/mol. The molecule has 0 radical (unpaired) electrons. The third kappa shape index (κ3) is 4.00. The van der Waals surface area contributed by atoms with Crippen LogP contribution in [-0.2, 0) is 4.74 Å². The molecule has 0 aliphatic carbocycles. The fourth-order valence-electron chi connectivity index (χ4n) is 3.18. The number of nitrogen functional groups attached to an aromatic ring is 1. The molecule has 0 saturated carbocycles. The van der Waals surface area contributed by atoms with Crippen LogP contribution in [0.25, 0.3) is 10.8 Å². The summed E-state index contributed by atoms with van der Waals surface area (Å²) in [6.45, 7) is 1.89. The topological polar surface area (TPSA) is 99.4 Å². The van der Waals surface area contributed by atoms with Crippen molar-refractivity contribution in [1.82, 2.24) is 9.97 Å². The predicted octanol–water partition coefficient (Wildman–Crippen LogP) is 4.84. The number of aryl methyl sites for hydroxylation is 1. The molecule has 4 rings (SSSR count). The lowest BCUT2D eigenvalue weighted by molar-refractivity contribution is 0.0600. The van der Waals surface area contributed by atoms with Crippen LogP contribution in [0.3, 0.4) is 0 Å². The minimum atomic E-state index is -0.407. The van der Waals surface area contributed by atoms with Crippen LogP contribution in [0.2, 0.25) is 0 Å². The van der Waals surface area contributed by atoms with Gasteiger partial charge in [0.25, 0.3) is 0 Å². The maximum Gasteiger partial charge on any atom is 0.337 e. The van der Waals surface area contributed by atoms with Crippen molar-refractivity contribution in [2.75, 3.05) is 18.2 Å². The molecule has 1 heterocycles. The van der Waals surface area contributed by atoms with E-state index < -0.39 is 5.97 Å². The Balaban J connectivity index is 1.61. The van der Waals surface area contributed by atoms with Crippen molar-refractivity contribution in [1.29, 1.82) is 0 Å². The molecule has 0 saturated heterocycles. The van der Waals surface area contributed by atoms with Crippen molar-refractivity contribution in [3.8, 4) is 11.6 Å². The molecule has 30 heavy (non-hydrogen) atoms. The number of nitrogens with zero attached hydrogens (tertiary/aromatic N) is 2. The van der Waals surface area contributed by atoms with Gasteiger partial charge in [-0.15, -0.1) is 0 Å². The van der Waals surface area contributed by atoms with Gasteiger partial charge in [-0.05, 0) is 42.8 Å². The second-order valence-corrected chi connectivity index (χ2v) is 6.72. The van der Waals surface area contributed by atoms with Crippen LogP contribution in [0.15, 0.2) is 66.9 Å². The van der Waals surface area contributed by atoms with Crippen LogP contribution >= 0.6 is 0 Å². The third-order valence-electron chi connectivity index (χ3n) is 4.52. The number of carbonyl (C=O) groups excluding carboxylic acids is 1. The Kier molecular flexibility index (Phi) is 5.17. The summed E-state index contributed by atoms with van der Waals surface area (Å²) in [7, 11) is 1.35. The number of esters is 1. The number of methoxy groups -OCH3 is 1. The summed E-state index contributed by atoms with van der Waals surface area (Å²) in [5, 5.41) is 4.92. The summed E-state index contributed by atoms with van der Waals surface area (Å²) in [5.41, 5.74) is 8.76. The van der Waals surface area contributed by atoms with Crippen molar-refractivity contribution >= 4 is 34.1 Å². The van der Waals surface area contributed by atoms with Crippen LogP contribution in [0.4, 0.5) is 17.3 Å². The monoisotopic (exact) mass is 400 g/mol. The van der Waals surface area contributed by atoms with Crippen molar-refractivity contribution < 1.29 is 14.3 Å². The quantitative estimate of drug-likeness (QED) is 0.365. The SMILES string of the molecule is COC(=O)c1cc(C)cc(Nc2nccc(Oc3ccc(N)c4ccccc34)n2)c1. The summed E-state index contributed by atoms with van der Waals surface area (Å²) in [5.74, 6) is 0.958. The molecule has 0 amide bonds. The van der Waals surface area contributed by atoms with Crippen LogP contribution in [0.1, 0.15) is 15.9 Å². The first-order valence-electron chi connectivity index (χ1n) is 9.28. The number of anilines is 3. The second-order valence-electron chi connectivity index (χ2n) is 6.72. The Morgan fingerprint density at radius 1 is 1.03 bits per heavy atom. The molecule has 7 heteroatoms. The van der Waals surface area contributed by atoms with E-state index in [9.17, 15) is 4.79 Å². The van der Waals surface area contributed by atoms with Gasteiger partial charge in [-0.2, -0.15) is 4.98 Å². The number of nitrogens with two attached hydrogens (primary N) is 1.